The van der Waals surface area contributed by atoms with Crippen LogP contribution in [0, 0.1) is 0 Å². The Kier molecular flexibility index (Phi) is 2.70. The third-order valence-electron chi connectivity index (χ3n) is 3.05. The van der Waals surface area contributed by atoms with Crippen LogP contribution in [0.2, 0.25) is 0 Å². The van der Waals surface area contributed by atoms with Gasteiger partial charge in [0.25, 0.3) is 0 Å². The van der Waals surface area contributed by atoms with Gasteiger partial charge < -0.3 is 9.47 Å². The molecule has 1 aromatic heterocycles. The topological polar surface area (TPSA) is 81.3 Å². The largest absolute Gasteiger partial charge is 0.460 e. The molecule has 2 heterocycles. The quantitative estimate of drug-likeness (QED) is 0.826. The molecular formula is C13H12N2O4. The van der Waals surface area contributed by atoms with Crippen molar-refractivity contribution in [2.75, 3.05) is 0 Å². The highest BCUT2D eigenvalue weighted by molar-refractivity contribution is 5.95. The van der Waals surface area contributed by atoms with Crippen LogP contribution in [-0.4, -0.2) is 34.3 Å². The number of carbonyl (C=O) groups excluding carboxylic acids is 2. The number of fused-ring (bicyclic) bond motifs is 1. The van der Waals surface area contributed by atoms with Crippen molar-refractivity contribution < 1.29 is 19.1 Å². The van der Waals surface area contributed by atoms with E-state index in [1.165, 1.54) is 0 Å². The van der Waals surface area contributed by atoms with Gasteiger partial charge >= 0.3 is 11.9 Å². The summed E-state index contributed by atoms with van der Waals surface area (Å²) in [6.07, 6.45) is 1.05. The molecule has 0 bridgehead atoms. The molecule has 2 aromatic rings. The van der Waals surface area contributed by atoms with Crippen LogP contribution in [0.5, 0.6) is 0 Å². The van der Waals surface area contributed by atoms with Crippen molar-refractivity contribution in [2.45, 2.75) is 25.6 Å². The van der Waals surface area contributed by atoms with Gasteiger partial charge in [0, 0.05) is 11.8 Å². The summed E-state index contributed by atoms with van der Waals surface area (Å²) in [6, 6.07) is 5.06. The third-order valence-corrected chi connectivity index (χ3v) is 3.05. The molecule has 0 saturated carbocycles. The number of nitrogens with zero attached hydrogens (tertiary/aromatic N) is 1. The van der Waals surface area contributed by atoms with Gasteiger partial charge in [-0.25, -0.2) is 9.59 Å². The first-order valence-electron chi connectivity index (χ1n) is 5.98. The molecule has 1 saturated heterocycles. The number of benzene rings is 1. The number of aromatic nitrogens is 2. The summed E-state index contributed by atoms with van der Waals surface area (Å²) >= 11 is 0. The standard InChI is InChI=1S/C13H12N2O4/c1-7-4-11(13(17)18-7)19-12(16)8-2-3-9-6-14-15-10(9)5-8/h2-3,5-7,11H,4H2,1H3,(H,14,15)/t7-,11-/m1/s1. The number of hydrogen-bond acceptors (Lipinski definition) is 5. The molecule has 6 nitrogen and oxygen atoms in total. The van der Waals surface area contributed by atoms with Gasteiger partial charge in [-0.3, -0.25) is 5.10 Å². The predicted molar refractivity (Wildman–Crippen MR) is 65.5 cm³/mol. The van der Waals surface area contributed by atoms with Crippen LogP contribution in [0.3, 0.4) is 0 Å². The predicted octanol–water partition coefficient (Wildman–Crippen LogP) is 1.42. The van der Waals surface area contributed by atoms with Crippen molar-refractivity contribution in [1.29, 1.82) is 0 Å². The molecule has 0 radical (unpaired) electrons. The van der Waals surface area contributed by atoms with E-state index >= 15 is 0 Å². The summed E-state index contributed by atoms with van der Waals surface area (Å²) in [7, 11) is 0. The van der Waals surface area contributed by atoms with E-state index in [1.54, 1.807) is 31.3 Å². The maximum atomic E-state index is 12.0. The minimum Gasteiger partial charge on any atom is -0.460 e. The number of ether oxygens (including phenoxy) is 2. The molecule has 1 fully saturated rings. The zero-order valence-corrected chi connectivity index (χ0v) is 10.3. The van der Waals surface area contributed by atoms with Crippen LogP contribution in [0.25, 0.3) is 10.9 Å². The average Bonchev–Trinajstić information content (AvgIpc) is 2.95. The minimum atomic E-state index is -0.806. The first kappa shape index (κ1) is 11.7. The van der Waals surface area contributed by atoms with E-state index in [9.17, 15) is 9.59 Å². The van der Waals surface area contributed by atoms with Gasteiger partial charge in [-0.2, -0.15) is 5.10 Å². The molecule has 2 atom stereocenters. The molecular weight excluding hydrogens is 248 g/mol. The Hall–Kier alpha value is -2.37. The lowest BCUT2D eigenvalue weighted by atomic mass is 10.1. The summed E-state index contributed by atoms with van der Waals surface area (Å²) in [5.41, 5.74) is 1.13. The van der Waals surface area contributed by atoms with Crippen molar-refractivity contribution in [3.05, 3.63) is 30.0 Å². The number of carbonyl (C=O) groups is 2. The lowest BCUT2D eigenvalue weighted by Gasteiger charge is -2.08. The Balaban J connectivity index is 1.78. The van der Waals surface area contributed by atoms with Gasteiger partial charge in [-0.05, 0) is 19.1 Å². The zero-order valence-electron chi connectivity index (χ0n) is 10.3. The molecule has 1 aliphatic heterocycles. The number of H-pyrrole nitrogens is 1. The van der Waals surface area contributed by atoms with Crippen LogP contribution in [-0.2, 0) is 14.3 Å². The molecule has 1 aliphatic rings. The van der Waals surface area contributed by atoms with E-state index < -0.39 is 18.0 Å². The normalized spacial score (nSPS) is 22.5. The van der Waals surface area contributed by atoms with Crippen molar-refractivity contribution in [3.8, 4) is 0 Å². The highest BCUT2D eigenvalue weighted by Crippen LogP contribution is 2.20. The smallest absolute Gasteiger partial charge is 0.347 e. The number of cyclic esters (lactones) is 1. The Bertz CT molecular complexity index is 649. The summed E-state index contributed by atoms with van der Waals surface area (Å²) in [4.78, 5) is 23.4. The van der Waals surface area contributed by atoms with E-state index in [-0.39, 0.29) is 6.10 Å². The molecule has 0 spiro atoms. The van der Waals surface area contributed by atoms with Gasteiger partial charge in [0.2, 0.25) is 6.10 Å². The van der Waals surface area contributed by atoms with Crippen LogP contribution >= 0.6 is 0 Å². The summed E-state index contributed by atoms with van der Waals surface area (Å²) in [5, 5.41) is 7.56. The lowest BCUT2D eigenvalue weighted by Crippen LogP contribution is -2.22. The van der Waals surface area contributed by atoms with E-state index in [2.05, 4.69) is 10.2 Å². The molecule has 0 amide bonds. The van der Waals surface area contributed by atoms with E-state index in [1.807, 2.05) is 0 Å². The summed E-state index contributed by atoms with van der Waals surface area (Å²) in [6.45, 7) is 1.77. The van der Waals surface area contributed by atoms with Gasteiger partial charge in [0.05, 0.1) is 17.3 Å². The lowest BCUT2D eigenvalue weighted by molar-refractivity contribution is -0.147. The Labute approximate surface area is 108 Å². The molecule has 3 rings (SSSR count). The van der Waals surface area contributed by atoms with Crippen LogP contribution in [0.4, 0.5) is 0 Å². The van der Waals surface area contributed by atoms with E-state index in [0.717, 1.165) is 10.9 Å². The molecule has 6 heteroatoms. The Morgan fingerprint density at radius 3 is 3.11 bits per heavy atom. The number of nitrogens with one attached hydrogen (secondary N) is 1. The van der Waals surface area contributed by atoms with Gasteiger partial charge in [0.1, 0.15) is 6.10 Å². The second-order valence-electron chi connectivity index (χ2n) is 4.55. The van der Waals surface area contributed by atoms with Crippen LogP contribution in [0.15, 0.2) is 24.4 Å². The van der Waals surface area contributed by atoms with Crippen LogP contribution < -0.4 is 0 Å². The number of aromatic amines is 1. The zero-order chi connectivity index (χ0) is 13.4. The first-order valence-corrected chi connectivity index (χ1v) is 5.98. The monoisotopic (exact) mass is 260 g/mol. The summed E-state index contributed by atoms with van der Waals surface area (Å²) < 4.78 is 10.1. The van der Waals surface area contributed by atoms with Crippen molar-refractivity contribution in [3.63, 3.8) is 0 Å². The van der Waals surface area contributed by atoms with E-state index in [4.69, 9.17) is 9.47 Å². The van der Waals surface area contributed by atoms with Gasteiger partial charge in [-0.15, -0.1) is 0 Å². The average molecular weight is 260 g/mol. The molecule has 0 unspecified atom stereocenters. The van der Waals surface area contributed by atoms with Crippen molar-refractivity contribution in [1.82, 2.24) is 10.2 Å². The maximum Gasteiger partial charge on any atom is 0.347 e. The van der Waals surface area contributed by atoms with Crippen molar-refractivity contribution >= 4 is 22.8 Å². The number of hydrogen-bond donors (Lipinski definition) is 1. The van der Waals surface area contributed by atoms with Gasteiger partial charge in [-0.1, -0.05) is 6.07 Å². The van der Waals surface area contributed by atoms with Crippen molar-refractivity contribution in [2.24, 2.45) is 0 Å². The fourth-order valence-electron chi connectivity index (χ4n) is 2.08. The maximum absolute atomic E-state index is 12.0. The molecule has 19 heavy (non-hydrogen) atoms. The highest BCUT2D eigenvalue weighted by atomic mass is 16.6. The van der Waals surface area contributed by atoms with E-state index in [0.29, 0.717) is 12.0 Å². The summed E-state index contributed by atoms with van der Waals surface area (Å²) in [5.74, 6) is -1.02. The molecule has 1 aromatic carbocycles. The van der Waals surface area contributed by atoms with Gasteiger partial charge in [0.15, 0.2) is 0 Å². The number of esters is 2. The molecule has 1 N–H and O–H groups in total. The Morgan fingerprint density at radius 1 is 1.53 bits per heavy atom. The highest BCUT2D eigenvalue weighted by Gasteiger charge is 2.35. The van der Waals surface area contributed by atoms with Crippen LogP contribution in [0.1, 0.15) is 23.7 Å². The molecule has 0 aliphatic carbocycles. The molecule has 98 valence electrons. The first-order chi connectivity index (χ1) is 9.13. The fourth-order valence-corrected chi connectivity index (χ4v) is 2.08. The number of rotatable bonds is 2. The SMILES string of the molecule is C[C@@H]1C[C@@H](OC(=O)c2ccc3cn[nH]c3c2)C(=O)O1. The minimum absolute atomic E-state index is 0.208. The fraction of sp³-hybridized carbons (Fsp3) is 0.308. The third kappa shape index (κ3) is 2.16. The Morgan fingerprint density at radius 2 is 2.37 bits per heavy atom. The second kappa shape index (κ2) is 4.38. The second-order valence-corrected chi connectivity index (χ2v) is 4.55.